The number of hydrogen-bond donors (Lipinski definition) is 3. The van der Waals surface area contributed by atoms with E-state index in [1.165, 1.54) is 31.4 Å². The highest BCUT2D eigenvalue weighted by Crippen LogP contribution is 2.11. The summed E-state index contributed by atoms with van der Waals surface area (Å²) in [5, 5.41) is 20.5. The maximum absolute atomic E-state index is 12.3. The Morgan fingerprint density at radius 1 is 1.27 bits per heavy atom. The summed E-state index contributed by atoms with van der Waals surface area (Å²) in [5.41, 5.74) is 0.00881. The van der Waals surface area contributed by atoms with Gasteiger partial charge in [0.15, 0.2) is 0 Å². The van der Waals surface area contributed by atoms with Crippen molar-refractivity contribution in [2.75, 3.05) is 13.7 Å². The van der Waals surface area contributed by atoms with E-state index in [0.29, 0.717) is 5.69 Å². The van der Waals surface area contributed by atoms with Crippen LogP contribution in [0.1, 0.15) is 26.4 Å². The lowest BCUT2D eigenvalue weighted by atomic mass is 10.2. The van der Waals surface area contributed by atoms with Crippen molar-refractivity contribution >= 4 is 11.9 Å². The molecule has 0 unspecified atom stereocenters. The minimum atomic E-state index is -1.08. The first-order chi connectivity index (χ1) is 10.5. The van der Waals surface area contributed by atoms with Crippen molar-refractivity contribution in [3.63, 3.8) is 0 Å². The van der Waals surface area contributed by atoms with Crippen LogP contribution in [0.5, 0.6) is 0 Å². The fourth-order valence-electron chi connectivity index (χ4n) is 2.02. The molecule has 0 bridgehead atoms. The lowest BCUT2D eigenvalue weighted by Crippen LogP contribution is -2.18. The summed E-state index contributed by atoms with van der Waals surface area (Å²) < 4.78 is 5.70. The molecule has 0 amide bonds. The van der Waals surface area contributed by atoms with E-state index in [1.54, 1.807) is 0 Å². The smallest absolute Gasteiger partial charge is 0.356 e. The van der Waals surface area contributed by atoms with Crippen LogP contribution in [0.25, 0.3) is 5.69 Å². The van der Waals surface area contributed by atoms with Crippen molar-refractivity contribution in [3.8, 4) is 5.69 Å². The second-order valence-electron chi connectivity index (χ2n) is 4.42. The standard InChI is InChI=1S/C14H14N2O6/c1-22-14(21)11-10(6-7-17)12(18)16(15-11)9-4-2-8(3-5-9)13(19)20/h2-5,15,17H,6-7H2,1H3,(H,19,20). The van der Waals surface area contributed by atoms with E-state index in [1.807, 2.05) is 0 Å². The summed E-state index contributed by atoms with van der Waals surface area (Å²) >= 11 is 0. The number of carboxylic acid groups (broad SMARTS) is 1. The first-order valence-electron chi connectivity index (χ1n) is 6.36. The fourth-order valence-corrected chi connectivity index (χ4v) is 2.02. The van der Waals surface area contributed by atoms with Crippen molar-refractivity contribution in [2.45, 2.75) is 6.42 Å². The molecule has 0 aliphatic rings. The minimum absolute atomic E-state index is 0.0000236. The molecule has 3 N–H and O–H groups in total. The van der Waals surface area contributed by atoms with E-state index in [-0.39, 0.29) is 29.8 Å². The van der Waals surface area contributed by atoms with Gasteiger partial charge in [-0.05, 0) is 24.3 Å². The number of rotatable bonds is 5. The second kappa shape index (κ2) is 6.27. The van der Waals surface area contributed by atoms with Crippen molar-refractivity contribution in [3.05, 3.63) is 51.4 Å². The molecule has 8 heteroatoms. The molecular formula is C14H14N2O6. The van der Waals surface area contributed by atoms with Crippen LogP contribution >= 0.6 is 0 Å². The average molecular weight is 306 g/mol. The molecule has 0 spiro atoms. The molecule has 0 saturated heterocycles. The molecule has 1 aromatic heterocycles. The quantitative estimate of drug-likeness (QED) is 0.678. The predicted octanol–water partition coefficient (Wildman–Crippen LogP) is 0.185. The zero-order chi connectivity index (χ0) is 16.3. The van der Waals surface area contributed by atoms with E-state index in [4.69, 9.17) is 10.2 Å². The Hall–Kier alpha value is -2.87. The van der Waals surface area contributed by atoms with Gasteiger partial charge in [-0.15, -0.1) is 0 Å². The first kappa shape index (κ1) is 15.5. The Morgan fingerprint density at radius 2 is 1.91 bits per heavy atom. The number of ether oxygens (including phenoxy) is 1. The molecule has 0 fully saturated rings. The lowest BCUT2D eigenvalue weighted by Gasteiger charge is -2.02. The summed E-state index contributed by atoms with van der Waals surface area (Å²) in [6, 6.07) is 5.55. The van der Waals surface area contributed by atoms with Gasteiger partial charge in [0.1, 0.15) is 5.69 Å². The number of carbonyl (C=O) groups is 2. The topological polar surface area (TPSA) is 122 Å². The Balaban J connectivity index is 2.53. The van der Waals surface area contributed by atoms with E-state index in [2.05, 4.69) is 9.84 Å². The molecule has 0 saturated carbocycles. The van der Waals surface area contributed by atoms with Crippen molar-refractivity contribution in [1.82, 2.24) is 9.78 Å². The SMILES string of the molecule is COC(=O)c1[nH]n(-c2ccc(C(=O)O)cc2)c(=O)c1CCO. The molecular weight excluding hydrogens is 292 g/mol. The monoisotopic (exact) mass is 306 g/mol. The summed E-state index contributed by atoms with van der Waals surface area (Å²) in [7, 11) is 1.18. The number of nitrogens with zero attached hydrogens (tertiary/aromatic N) is 1. The summed E-state index contributed by atoms with van der Waals surface area (Å²) in [4.78, 5) is 34.8. The van der Waals surface area contributed by atoms with Crippen LogP contribution in [-0.2, 0) is 11.2 Å². The molecule has 8 nitrogen and oxygen atoms in total. The number of hydrogen-bond acceptors (Lipinski definition) is 5. The molecule has 0 atom stereocenters. The predicted molar refractivity (Wildman–Crippen MR) is 75.5 cm³/mol. The summed E-state index contributed by atoms with van der Waals surface area (Å²) in [6.45, 7) is -0.297. The molecule has 2 aromatic rings. The number of carbonyl (C=O) groups excluding carboxylic acids is 1. The Labute approximate surface area is 124 Å². The van der Waals surface area contributed by atoms with Crippen LogP contribution in [0.3, 0.4) is 0 Å². The van der Waals surface area contributed by atoms with E-state index >= 15 is 0 Å². The number of carboxylic acids is 1. The first-order valence-corrected chi connectivity index (χ1v) is 6.36. The van der Waals surface area contributed by atoms with Crippen LogP contribution in [0.4, 0.5) is 0 Å². The molecule has 0 radical (unpaired) electrons. The number of aliphatic hydroxyl groups excluding tert-OH is 1. The zero-order valence-electron chi connectivity index (χ0n) is 11.7. The highest BCUT2D eigenvalue weighted by atomic mass is 16.5. The zero-order valence-corrected chi connectivity index (χ0v) is 11.7. The number of aliphatic hydroxyl groups is 1. The van der Waals surface area contributed by atoms with E-state index in [0.717, 1.165) is 4.68 Å². The van der Waals surface area contributed by atoms with Gasteiger partial charge >= 0.3 is 11.9 Å². The van der Waals surface area contributed by atoms with Gasteiger partial charge in [-0.3, -0.25) is 9.89 Å². The number of benzene rings is 1. The van der Waals surface area contributed by atoms with Gasteiger partial charge in [-0.2, -0.15) is 0 Å². The Kier molecular flexibility index (Phi) is 4.42. The van der Waals surface area contributed by atoms with Crippen LogP contribution < -0.4 is 5.56 Å². The number of H-pyrrole nitrogens is 1. The number of esters is 1. The van der Waals surface area contributed by atoms with Crippen LogP contribution in [0.15, 0.2) is 29.1 Å². The maximum atomic E-state index is 12.3. The highest BCUT2D eigenvalue weighted by Gasteiger charge is 2.21. The Morgan fingerprint density at radius 3 is 2.41 bits per heavy atom. The molecule has 22 heavy (non-hydrogen) atoms. The molecule has 0 aliphatic carbocycles. The van der Waals surface area contributed by atoms with Crippen molar-refractivity contribution in [1.29, 1.82) is 0 Å². The summed E-state index contributed by atoms with van der Waals surface area (Å²) in [6.07, 6.45) is -0.0000236. The summed E-state index contributed by atoms with van der Waals surface area (Å²) in [5.74, 6) is -1.80. The van der Waals surface area contributed by atoms with Crippen LogP contribution in [-0.4, -0.2) is 45.6 Å². The number of aromatic amines is 1. The van der Waals surface area contributed by atoms with Gasteiger partial charge in [0, 0.05) is 13.0 Å². The number of methoxy groups -OCH3 is 1. The van der Waals surface area contributed by atoms with Gasteiger partial charge in [-0.1, -0.05) is 0 Å². The third-order valence-electron chi connectivity index (χ3n) is 3.11. The lowest BCUT2D eigenvalue weighted by molar-refractivity contribution is 0.0591. The minimum Gasteiger partial charge on any atom is -0.478 e. The van der Waals surface area contributed by atoms with E-state index in [9.17, 15) is 14.4 Å². The van der Waals surface area contributed by atoms with Crippen molar-refractivity contribution < 1.29 is 24.5 Å². The normalized spacial score (nSPS) is 10.5. The average Bonchev–Trinajstić information content (AvgIpc) is 2.84. The van der Waals surface area contributed by atoms with Gasteiger partial charge in [0.05, 0.1) is 23.9 Å². The van der Waals surface area contributed by atoms with Crippen molar-refractivity contribution in [2.24, 2.45) is 0 Å². The number of nitrogens with one attached hydrogen (secondary N) is 1. The number of aromatic nitrogens is 2. The van der Waals surface area contributed by atoms with E-state index < -0.39 is 17.5 Å². The maximum Gasteiger partial charge on any atom is 0.356 e. The van der Waals surface area contributed by atoms with Gasteiger partial charge in [-0.25, -0.2) is 14.3 Å². The molecule has 116 valence electrons. The fraction of sp³-hybridized carbons (Fsp3) is 0.214. The molecule has 0 aliphatic heterocycles. The van der Waals surface area contributed by atoms with Crippen LogP contribution in [0, 0.1) is 0 Å². The molecule has 2 rings (SSSR count). The largest absolute Gasteiger partial charge is 0.478 e. The second-order valence-corrected chi connectivity index (χ2v) is 4.42. The van der Waals surface area contributed by atoms with Gasteiger partial charge in [0.2, 0.25) is 0 Å². The molecule has 1 aromatic carbocycles. The molecule has 1 heterocycles. The third kappa shape index (κ3) is 2.77. The Bertz CT molecular complexity index is 757. The van der Waals surface area contributed by atoms with Gasteiger partial charge < -0.3 is 14.9 Å². The highest BCUT2D eigenvalue weighted by molar-refractivity contribution is 5.89. The third-order valence-corrected chi connectivity index (χ3v) is 3.11. The number of aromatic carboxylic acids is 1. The van der Waals surface area contributed by atoms with Gasteiger partial charge in [0.25, 0.3) is 5.56 Å². The van der Waals surface area contributed by atoms with Crippen LogP contribution in [0.2, 0.25) is 0 Å².